The Bertz CT molecular complexity index is 1210. The van der Waals surface area contributed by atoms with Gasteiger partial charge in [0.1, 0.15) is 5.25 Å². The first-order valence-corrected chi connectivity index (χ1v) is 12.2. The lowest BCUT2D eigenvalue weighted by molar-refractivity contribution is -0.128. The maximum Gasteiger partial charge on any atom is 0.335 e. The van der Waals surface area contributed by atoms with Gasteiger partial charge in [0.05, 0.1) is 11.3 Å². The summed E-state index contributed by atoms with van der Waals surface area (Å²) in [4.78, 5) is 43.3. The monoisotopic (exact) mass is 487 g/mol. The Morgan fingerprint density at radius 1 is 0.943 bits per heavy atom. The number of amides is 2. The lowest BCUT2D eigenvalue weighted by Gasteiger charge is -2.16. The van der Waals surface area contributed by atoms with E-state index in [1.807, 2.05) is 48.5 Å². The summed E-state index contributed by atoms with van der Waals surface area (Å²) in [6.07, 6.45) is 1.61. The topological polar surface area (TPSA) is 99.1 Å². The highest BCUT2D eigenvalue weighted by Gasteiger charge is 2.38. The Labute approximate surface area is 207 Å². The molecular weight excluding hydrogens is 462 g/mol. The molecule has 1 aliphatic heterocycles. The van der Waals surface area contributed by atoms with Crippen LogP contribution in [0.5, 0.6) is 0 Å². The van der Waals surface area contributed by atoms with Gasteiger partial charge in [-0.15, -0.1) is 0 Å². The van der Waals surface area contributed by atoms with E-state index < -0.39 is 11.2 Å². The van der Waals surface area contributed by atoms with Gasteiger partial charge in [0, 0.05) is 18.7 Å². The first-order valence-electron chi connectivity index (χ1n) is 11.3. The molecule has 1 aliphatic rings. The van der Waals surface area contributed by atoms with E-state index in [9.17, 15) is 14.4 Å². The minimum absolute atomic E-state index is 0.00677. The van der Waals surface area contributed by atoms with Crippen LogP contribution in [0.3, 0.4) is 0 Å². The summed E-state index contributed by atoms with van der Waals surface area (Å²) in [7, 11) is 0. The number of carboxylic acids is 1. The van der Waals surface area contributed by atoms with Crippen molar-refractivity contribution < 1.29 is 19.5 Å². The molecule has 2 N–H and O–H groups in total. The van der Waals surface area contributed by atoms with Crippen molar-refractivity contribution in [1.29, 1.82) is 0 Å². The molecule has 35 heavy (non-hydrogen) atoms. The molecule has 0 bridgehead atoms. The molecule has 2 amide bonds. The van der Waals surface area contributed by atoms with Crippen LogP contribution in [0.4, 0.5) is 11.4 Å². The predicted octanol–water partition coefficient (Wildman–Crippen LogP) is 4.98. The number of carbonyl (C=O) groups excluding carboxylic acids is 2. The zero-order chi connectivity index (χ0) is 24.6. The van der Waals surface area contributed by atoms with E-state index in [0.29, 0.717) is 17.4 Å². The molecule has 1 atom stereocenters. The van der Waals surface area contributed by atoms with Crippen molar-refractivity contribution in [3.63, 3.8) is 0 Å². The lowest BCUT2D eigenvalue weighted by atomic mass is 10.1. The molecule has 0 saturated carbocycles. The minimum atomic E-state index is -1.03. The Balaban J connectivity index is 1.43. The summed E-state index contributed by atoms with van der Waals surface area (Å²) in [6.45, 7) is 0.515. The van der Waals surface area contributed by atoms with E-state index >= 15 is 0 Å². The second-order valence-corrected chi connectivity index (χ2v) is 9.22. The number of aryl methyl sites for hydroxylation is 1. The van der Waals surface area contributed by atoms with Gasteiger partial charge in [-0.3, -0.25) is 14.5 Å². The Morgan fingerprint density at radius 3 is 2.26 bits per heavy atom. The first kappa shape index (κ1) is 24.2. The second kappa shape index (κ2) is 11.5. The third kappa shape index (κ3) is 6.58. The molecule has 1 saturated heterocycles. The quantitative estimate of drug-likeness (QED) is 0.444. The van der Waals surface area contributed by atoms with E-state index in [1.165, 1.54) is 41.6 Å². The first-order chi connectivity index (χ1) is 17.0. The summed E-state index contributed by atoms with van der Waals surface area (Å²) in [5.74, 6) is -1.48. The zero-order valence-corrected chi connectivity index (χ0v) is 19.8. The predicted molar refractivity (Wildman–Crippen MR) is 138 cm³/mol. The van der Waals surface area contributed by atoms with Crippen LogP contribution in [0, 0.1) is 0 Å². The average molecular weight is 488 g/mol. The molecule has 8 heteroatoms. The summed E-state index contributed by atoms with van der Waals surface area (Å²) < 4.78 is 0. The number of hydrogen-bond acceptors (Lipinski definition) is 5. The largest absolute Gasteiger partial charge is 0.478 e. The number of nitrogens with zero attached hydrogens (tertiary/aromatic N) is 2. The van der Waals surface area contributed by atoms with Crippen LogP contribution >= 0.6 is 11.8 Å². The molecule has 178 valence electrons. The van der Waals surface area contributed by atoms with Crippen molar-refractivity contribution in [3.05, 3.63) is 96.1 Å². The minimum Gasteiger partial charge on any atom is -0.478 e. The standard InChI is InChI=1S/C27H25N3O4S/c31-24(28-22-15-13-20(14-16-22)26(33)34)18-23-25(32)30(17-7-10-19-8-3-1-4-9-19)27(35-23)29-21-11-5-2-6-12-21/h1-6,8-9,11-16,23H,7,10,17-18H2,(H,28,31)(H,33,34). The molecular formula is C27H25N3O4S. The highest BCUT2D eigenvalue weighted by Crippen LogP contribution is 2.32. The second-order valence-electron chi connectivity index (χ2n) is 8.05. The molecule has 7 nitrogen and oxygen atoms in total. The lowest BCUT2D eigenvalue weighted by Crippen LogP contribution is -2.34. The summed E-state index contributed by atoms with van der Waals surface area (Å²) in [5.41, 5.74) is 2.57. The Kier molecular flexibility index (Phi) is 7.95. The Hall–Kier alpha value is -3.91. The summed E-state index contributed by atoms with van der Waals surface area (Å²) in [6, 6.07) is 25.5. The van der Waals surface area contributed by atoms with E-state index in [0.717, 1.165) is 18.5 Å². The SMILES string of the molecule is O=C(CC1SC(=Nc2ccccc2)N(CCCc2ccccc2)C1=O)Nc1ccc(C(=O)O)cc1. The fourth-order valence-corrected chi connectivity index (χ4v) is 4.89. The molecule has 3 aromatic rings. The molecule has 0 aliphatic carbocycles. The maximum atomic E-state index is 13.2. The molecule has 1 heterocycles. The van der Waals surface area contributed by atoms with Gasteiger partial charge in [-0.1, -0.05) is 60.3 Å². The number of hydrogen-bond donors (Lipinski definition) is 2. The zero-order valence-electron chi connectivity index (χ0n) is 19.0. The normalized spacial score (nSPS) is 16.5. The number of benzene rings is 3. The van der Waals surface area contributed by atoms with Crippen LogP contribution in [0.25, 0.3) is 0 Å². The fraction of sp³-hybridized carbons (Fsp3) is 0.185. The van der Waals surface area contributed by atoms with Crippen molar-refractivity contribution >= 4 is 46.1 Å². The van der Waals surface area contributed by atoms with Gasteiger partial charge >= 0.3 is 5.97 Å². The van der Waals surface area contributed by atoms with E-state index in [2.05, 4.69) is 22.4 Å². The number of carboxylic acid groups (broad SMARTS) is 1. The number of amidine groups is 1. The molecule has 0 radical (unpaired) electrons. The summed E-state index contributed by atoms with van der Waals surface area (Å²) >= 11 is 1.30. The van der Waals surface area contributed by atoms with Crippen LogP contribution in [0.15, 0.2) is 89.9 Å². The number of rotatable bonds is 9. The fourth-order valence-electron chi connectivity index (χ4n) is 3.71. The van der Waals surface area contributed by atoms with Gasteiger partial charge in [-0.2, -0.15) is 0 Å². The molecule has 0 aromatic heterocycles. The van der Waals surface area contributed by atoms with Crippen LogP contribution in [0.2, 0.25) is 0 Å². The van der Waals surface area contributed by atoms with Crippen LogP contribution in [0.1, 0.15) is 28.8 Å². The van der Waals surface area contributed by atoms with Gasteiger partial charge < -0.3 is 10.4 Å². The van der Waals surface area contributed by atoms with Gasteiger partial charge in [0.15, 0.2) is 5.17 Å². The van der Waals surface area contributed by atoms with E-state index in [1.54, 1.807) is 4.90 Å². The molecule has 4 rings (SSSR count). The molecule has 1 fully saturated rings. The highest BCUT2D eigenvalue weighted by atomic mass is 32.2. The van der Waals surface area contributed by atoms with Crippen LogP contribution in [-0.2, 0) is 16.0 Å². The molecule has 1 unspecified atom stereocenters. The van der Waals surface area contributed by atoms with Gasteiger partial charge in [-0.25, -0.2) is 9.79 Å². The van der Waals surface area contributed by atoms with Gasteiger partial charge in [-0.05, 0) is 54.8 Å². The highest BCUT2D eigenvalue weighted by molar-refractivity contribution is 8.15. The summed E-state index contributed by atoms with van der Waals surface area (Å²) in [5, 5.41) is 11.8. The van der Waals surface area contributed by atoms with Gasteiger partial charge in [0.25, 0.3) is 0 Å². The van der Waals surface area contributed by atoms with Crippen LogP contribution < -0.4 is 5.32 Å². The maximum absolute atomic E-state index is 13.2. The number of anilines is 1. The van der Waals surface area contributed by atoms with Crippen molar-refractivity contribution in [2.45, 2.75) is 24.5 Å². The number of aliphatic imine (C=N–C) groups is 1. The van der Waals surface area contributed by atoms with Crippen molar-refractivity contribution in [2.24, 2.45) is 4.99 Å². The van der Waals surface area contributed by atoms with Crippen molar-refractivity contribution in [1.82, 2.24) is 4.90 Å². The van der Waals surface area contributed by atoms with Gasteiger partial charge in [0.2, 0.25) is 11.8 Å². The van der Waals surface area contributed by atoms with Crippen molar-refractivity contribution in [2.75, 3.05) is 11.9 Å². The number of para-hydroxylation sites is 1. The Morgan fingerprint density at radius 2 is 1.60 bits per heavy atom. The number of nitrogens with one attached hydrogen (secondary N) is 1. The van der Waals surface area contributed by atoms with E-state index in [-0.39, 0.29) is 23.8 Å². The number of thioether (sulfide) groups is 1. The molecule has 3 aromatic carbocycles. The third-order valence-electron chi connectivity index (χ3n) is 5.48. The smallest absolute Gasteiger partial charge is 0.335 e. The average Bonchev–Trinajstić information content (AvgIpc) is 3.14. The molecule has 0 spiro atoms. The van der Waals surface area contributed by atoms with E-state index in [4.69, 9.17) is 5.11 Å². The van der Waals surface area contributed by atoms with Crippen molar-refractivity contribution in [3.8, 4) is 0 Å². The number of carbonyl (C=O) groups is 3. The van der Waals surface area contributed by atoms with Crippen LogP contribution in [-0.4, -0.2) is 44.8 Å². The number of aromatic carboxylic acids is 1. The third-order valence-corrected chi connectivity index (χ3v) is 6.65.